The number of ether oxygens (including phenoxy) is 2. The molecule has 47 heavy (non-hydrogen) atoms. The molecule has 11 heteroatoms. The van der Waals surface area contributed by atoms with E-state index in [1.807, 2.05) is 42.5 Å². The summed E-state index contributed by atoms with van der Waals surface area (Å²) in [5.74, 6) is -2.92. The molecule has 254 valence electrons. The lowest BCUT2D eigenvalue weighted by atomic mass is 9.90. The summed E-state index contributed by atoms with van der Waals surface area (Å²) < 4.78 is 24.7. The van der Waals surface area contributed by atoms with Crippen molar-refractivity contribution in [2.45, 2.75) is 77.1 Å². The molecule has 3 aromatic rings. The summed E-state index contributed by atoms with van der Waals surface area (Å²) in [4.78, 5) is 55.3. The molecule has 0 heterocycles. The van der Waals surface area contributed by atoms with Crippen LogP contribution in [0.25, 0.3) is 10.8 Å². The number of rotatable bonds is 13. The topological polar surface area (TPSA) is 131 Å². The SMILES string of the molecule is C[C@H](C(C(N)=O)c1ccc(F)cc1)N(C)C(=O)[C@@H](Cc1ccc2ccccc2c1)N(C)C(=O)COCC(C)(C)NC(=O)OC(C)(C)C. The van der Waals surface area contributed by atoms with Crippen LogP contribution < -0.4 is 11.1 Å². The summed E-state index contributed by atoms with van der Waals surface area (Å²) in [6, 6.07) is 17.4. The van der Waals surface area contributed by atoms with Crippen LogP contribution in [0.2, 0.25) is 0 Å². The van der Waals surface area contributed by atoms with Gasteiger partial charge < -0.3 is 30.3 Å². The van der Waals surface area contributed by atoms with E-state index in [0.717, 1.165) is 16.3 Å². The van der Waals surface area contributed by atoms with Gasteiger partial charge in [0.25, 0.3) is 0 Å². The fourth-order valence-corrected chi connectivity index (χ4v) is 5.27. The van der Waals surface area contributed by atoms with Gasteiger partial charge in [0.05, 0.1) is 18.1 Å². The minimum atomic E-state index is -0.964. The van der Waals surface area contributed by atoms with Crippen molar-refractivity contribution in [3.63, 3.8) is 0 Å². The van der Waals surface area contributed by atoms with E-state index in [0.29, 0.717) is 5.56 Å². The third kappa shape index (κ3) is 10.5. The Hall–Kier alpha value is -4.51. The molecule has 3 rings (SSSR count). The normalized spacial score (nSPS) is 13.7. The number of hydrogen-bond donors (Lipinski definition) is 2. The van der Waals surface area contributed by atoms with Crippen molar-refractivity contribution in [2.75, 3.05) is 27.3 Å². The molecule has 4 amide bonds. The fourth-order valence-electron chi connectivity index (χ4n) is 5.27. The van der Waals surface area contributed by atoms with Crippen LogP contribution in [-0.2, 0) is 30.3 Å². The number of amides is 4. The van der Waals surface area contributed by atoms with Crippen LogP contribution in [0, 0.1) is 5.82 Å². The second-order valence-electron chi connectivity index (χ2n) is 13.5. The largest absolute Gasteiger partial charge is 0.444 e. The third-order valence-corrected chi connectivity index (χ3v) is 7.89. The average molecular weight is 651 g/mol. The van der Waals surface area contributed by atoms with E-state index in [-0.39, 0.29) is 19.6 Å². The molecule has 0 fully saturated rings. The van der Waals surface area contributed by atoms with Gasteiger partial charge in [-0.25, -0.2) is 9.18 Å². The minimum Gasteiger partial charge on any atom is -0.444 e. The van der Waals surface area contributed by atoms with E-state index >= 15 is 0 Å². The van der Waals surface area contributed by atoms with Crippen LogP contribution in [0.4, 0.5) is 9.18 Å². The molecule has 3 atom stereocenters. The zero-order valence-electron chi connectivity index (χ0n) is 28.5. The summed E-state index contributed by atoms with van der Waals surface area (Å²) in [6.45, 7) is 10.1. The molecule has 0 aliphatic rings. The molecule has 3 aromatic carbocycles. The maximum Gasteiger partial charge on any atom is 0.408 e. The first kappa shape index (κ1) is 37.0. The first-order valence-corrected chi connectivity index (χ1v) is 15.5. The van der Waals surface area contributed by atoms with Gasteiger partial charge in [-0.15, -0.1) is 0 Å². The lowest BCUT2D eigenvalue weighted by molar-refractivity contribution is -0.148. The van der Waals surface area contributed by atoms with Crippen LogP contribution in [0.15, 0.2) is 66.7 Å². The summed E-state index contributed by atoms with van der Waals surface area (Å²) in [5, 5.41) is 4.76. The molecular formula is C36H47FN4O6. The predicted octanol–water partition coefficient (Wildman–Crippen LogP) is 4.78. The van der Waals surface area contributed by atoms with E-state index in [4.69, 9.17) is 15.2 Å². The number of nitrogens with one attached hydrogen (secondary N) is 1. The number of alkyl carbamates (subject to hydrolysis) is 1. The van der Waals surface area contributed by atoms with Crippen molar-refractivity contribution in [3.05, 3.63) is 83.7 Å². The zero-order valence-corrected chi connectivity index (χ0v) is 28.5. The molecule has 0 aromatic heterocycles. The van der Waals surface area contributed by atoms with Crippen LogP contribution in [0.3, 0.4) is 0 Å². The van der Waals surface area contributed by atoms with Gasteiger partial charge in [-0.3, -0.25) is 14.4 Å². The van der Waals surface area contributed by atoms with E-state index < -0.39 is 58.8 Å². The first-order chi connectivity index (χ1) is 21.9. The second kappa shape index (κ2) is 15.4. The van der Waals surface area contributed by atoms with Crippen molar-refractivity contribution in [1.29, 1.82) is 0 Å². The van der Waals surface area contributed by atoms with Crippen molar-refractivity contribution in [3.8, 4) is 0 Å². The van der Waals surface area contributed by atoms with Gasteiger partial charge in [0.1, 0.15) is 24.1 Å². The van der Waals surface area contributed by atoms with Gasteiger partial charge in [-0.05, 0) is 75.6 Å². The number of carbonyl (C=O) groups is 4. The molecule has 0 bridgehead atoms. The van der Waals surface area contributed by atoms with Crippen molar-refractivity contribution in [2.24, 2.45) is 5.73 Å². The van der Waals surface area contributed by atoms with Crippen molar-refractivity contribution < 1.29 is 33.0 Å². The van der Waals surface area contributed by atoms with E-state index in [9.17, 15) is 23.6 Å². The molecule has 0 radical (unpaired) electrons. The number of primary amides is 1. The van der Waals surface area contributed by atoms with Gasteiger partial charge in [0, 0.05) is 26.6 Å². The zero-order chi connectivity index (χ0) is 35.1. The van der Waals surface area contributed by atoms with Crippen LogP contribution in [0.1, 0.15) is 58.6 Å². The molecule has 10 nitrogen and oxygen atoms in total. The van der Waals surface area contributed by atoms with Gasteiger partial charge in [-0.2, -0.15) is 0 Å². The van der Waals surface area contributed by atoms with Crippen LogP contribution in [0.5, 0.6) is 0 Å². The maximum absolute atomic E-state index is 14.2. The third-order valence-electron chi connectivity index (χ3n) is 7.89. The van der Waals surface area contributed by atoms with Gasteiger partial charge in [0.15, 0.2) is 0 Å². The lowest BCUT2D eigenvalue weighted by Crippen LogP contribution is -2.54. The monoisotopic (exact) mass is 650 g/mol. The van der Waals surface area contributed by atoms with Gasteiger partial charge in [-0.1, -0.05) is 54.6 Å². The standard InChI is InChI=1S/C36H47FN4O6/c1-23(31(32(38)43)26-15-17-28(37)18-16-26)40(7)33(44)29(20-24-13-14-25-11-9-10-12-27(25)19-24)41(8)30(42)21-46-22-36(5,6)39-34(45)47-35(2,3)4/h9-19,23,29,31H,20-22H2,1-8H3,(H2,38,43)(H,39,45)/t23-,29-,31?/m1/s1. The first-order valence-electron chi connectivity index (χ1n) is 15.5. The van der Waals surface area contributed by atoms with E-state index in [2.05, 4.69) is 5.32 Å². The van der Waals surface area contributed by atoms with Gasteiger partial charge in [0.2, 0.25) is 17.7 Å². The van der Waals surface area contributed by atoms with E-state index in [1.54, 1.807) is 48.6 Å². The number of carbonyl (C=O) groups excluding carboxylic acids is 4. The number of hydrogen-bond acceptors (Lipinski definition) is 6. The second-order valence-corrected chi connectivity index (χ2v) is 13.5. The Kier molecular flexibility index (Phi) is 12.1. The highest BCUT2D eigenvalue weighted by atomic mass is 19.1. The van der Waals surface area contributed by atoms with Crippen LogP contribution in [-0.4, -0.2) is 84.1 Å². The van der Waals surface area contributed by atoms with Crippen molar-refractivity contribution >= 4 is 34.6 Å². The summed E-state index contributed by atoms with van der Waals surface area (Å²) in [6.07, 6.45) is -0.422. The number of benzene rings is 3. The molecule has 3 N–H and O–H groups in total. The van der Waals surface area contributed by atoms with Crippen molar-refractivity contribution in [1.82, 2.24) is 15.1 Å². The number of fused-ring (bicyclic) bond motifs is 1. The fraction of sp³-hybridized carbons (Fsp3) is 0.444. The van der Waals surface area contributed by atoms with Gasteiger partial charge >= 0.3 is 6.09 Å². The summed E-state index contributed by atoms with van der Waals surface area (Å²) in [7, 11) is 3.09. The van der Waals surface area contributed by atoms with Crippen LogP contribution >= 0.6 is 0 Å². The lowest BCUT2D eigenvalue weighted by Gasteiger charge is -2.36. The number of halogens is 1. The highest BCUT2D eigenvalue weighted by Gasteiger charge is 2.36. The maximum atomic E-state index is 14.2. The quantitative estimate of drug-likeness (QED) is 0.274. The Morgan fingerprint density at radius 2 is 1.51 bits per heavy atom. The Morgan fingerprint density at radius 3 is 2.11 bits per heavy atom. The highest BCUT2D eigenvalue weighted by Crippen LogP contribution is 2.25. The number of nitrogens with zero attached hydrogens (tertiary/aromatic N) is 2. The number of likely N-dealkylation sites (N-methyl/N-ethyl adjacent to an activating group) is 2. The Bertz CT molecular complexity index is 1570. The molecule has 1 unspecified atom stereocenters. The summed E-state index contributed by atoms with van der Waals surface area (Å²) >= 11 is 0. The minimum absolute atomic E-state index is 0.00398. The molecule has 0 aliphatic heterocycles. The molecule has 0 saturated heterocycles. The molecular weight excluding hydrogens is 603 g/mol. The summed E-state index contributed by atoms with van der Waals surface area (Å²) in [5.41, 5.74) is 5.55. The molecule has 0 saturated carbocycles. The molecule has 0 aliphatic carbocycles. The predicted molar refractivity (Wildman–Crippen MR) is 179 cm³/mol. The Balaban J connectivity index is 1.82. The Labute approximate surface area is 276 Å². The smallest absolute Gasteiger partial charge is 0.408 e. The molecule has 0 spiro atoms. The average Bonchev–Trinajstić information content (AvgIpc) is 2.98. The van der Waals surface area contributed by atoms with E-state index in [1.165, 1.54) is 41.1 Å². The Morgan fingerprint density at radius 1 is 0.894 bits per heavy atom. The highest BCUT2D eigenvalue weighted by molar-refractivity contribution is 5.90. The number of nitrogens with two attached hydrogens (primary N) is 1.